The maximum absolute atomic E-state index is 12.3. The molecule has 25 heavy (non-hydrogen) atoms. The molecule has 0 atom stereocenters. The lowest BCUT2D eigenvalue weighted by atomic mass is 10.1. The highest BCUT2D eigenvalue weighted by Crippen LogP contribution is 2.17. The summed E-state index contributed by atoms with van der Waals surface area (Å²) in [4.78, 5) is 12.3. The Hall–Kier alpha value is -2.94. The normalized spacial score (nSPS) is 10.5. The number of rotatable bonds is 5. The fourth-order valence-electron chi connectivity index (χ4n) is 2.79. The molecular weight excluding hydrogens is 308 g/mol. The number of hydrogen-bond donors (Lipinski definition) is 1. The molecule has 0 saturated carbocycles. The van der Waals surface area contributed by atoms with Gasteiger partial charge >= 0.3 is 0 Å². The van der Waals surface area contributed by atoms with Crippen molar-refractivity contribution in [1.82, 2.24) is 0 Å². The van der Waals surface area contributed by atoms with E-state index in [1.165, 1.54) is 16.7 Å². The van der Waals surface area contributed by atoms with Gasteiger partial charge in [0.25, 0.3) is 5.91 Å². The number of pyridine rings is 1. The van der Waals surface area contributed by atoms with Gasteiger partial charge in [-0.25, -0.2) is 0 Å². The monoisotopic (exact) mass is 331 g/mol. The molecule has 0 aliphatic carbocycles. The van der Waals surface area contributed by atoms with Crippen molar-refractivity contribution in [3.05, 3.63) is 95.3 Å². The summed E-state index contributed by atoms with van der Waals surface area (Å²) in [5.41, 5.74) is 5.69. The van der Waals surface area contributed by atoms with Gasteiger partial charge in [-0.1, -0.05) is 42.5 Å². The Bertz CT molecular complexity index is 855. The highest BCUT2D eigenvalue weighted by Gasteiger charge is 2.11. The quantitative estimate of drug-likeness (QED) is 0.708. The predicted molar refractivity (Wildman–Crippen MR) is 100 cm³/mol. The van der Waals surface area contributed by atoms with E-state index >= 15 is 0 Å². The van der Waals surface area contributed by atoms with Crippen LogP contribution >= 0.6 is 0 Å². The smallest absolute Gasteiger partial charge is 0.290 e. The molecule has 0 radical (unpaired) electrons. The molecule has 1 amide bonds. The summed E-state index contributed by atoms with van der Waals surface area (Å²) in [6, 6.07) is 20.5. The zero-order valence-corrected chi connectivity index (χ0v) is 14.7. The van der Waals surface area contributed by atoms with Crippen molar-refractivity contribution >= 4 is 11.6 Å². The standard InChI is InChI=1S/C22H22N2O/c1-17-7-6-10-21(18(17)2)23-22(25)16-24-13-11-20(12-14-24)15-19-8-4-3-5-9-19/h3-14H,15-16H2,1-2H3/p+1. The lowest BCUT2D eigenvalue weighted by molar-refractivity contribution is -0.684. The minimum absolute atomic E-state index is 0.0190. The zero-order valence-electron chi connectivity index (χ0n) is 14.7. The Kier molecular flexibility index (Phi) is 5.24. The first kappa shape index (κ1) is 16.9. The molecule has 0 aliphatic rings. The van der Waals surface area contributed by atoms with Crippen LogP contribution in [0.4, 0.5) is 5.69 Å². The van der Waals surface area contributed by atoms with Crippen LogP contribution in [0.2, 0.25) is 0 Å². The number of hydrogen-bond acceptors (Lipinski definition) is 1. The topological polar surface area (TPSA) is 33.0 Å². The Labute approximate surface area is 149 Å². The summed E-state index contributed by atoms with van der Waals surface area (Å²) >= 11 is 0. The van der Waals surface area contributed by atoms with Gasteiger partial charge in [-0.15, -0.1) is 0 Å². The molecule has 0 saturated heterocycles. The van der Waals surface area contributed by atoms with Crippen molar-refractivity contribution in [2.45, 2.75) is 26.8 Å². The third kappa shape index (κ3) is 4.54. The molecule has 3 nitrogen and oxygen atoms in total. The fourth-order valence-corrected chi connectivity index (χ4v) is 2.79. The molecule has 0 aliphatic heterocycles. The molecule has 3 aromatic rings. The van der Waals surface area contributed by atoms with E-state index in [2.05, 4.69) is 41.7 Å². The average Bonchev–Trinajstić information content (AvgIpc) is 2.62. The number of anilines is 1. The van der Waals surface area contributed by atoms with Gasteiger partial charge in [0, 0.05) is 17.8 Å². The van der Waals surface area contributed by atoms with Crippen molar-refractivity contribution in [3.63, 3.8) is 0 Å². The van der Waals surface area contributed by atoms with Gasteiger partial charge in [0.15, 0.2) is 12.4 Å². The number of aryl methyl sites for hydroxylation is 1. The van der Waals surface area contributed by atoms with E-state index in [4.69, 9.17) is 0 Å². The number of aromatic nitrogens is 1. The third-order valence-electron chi connectivity index (χ3n) is 4.42. The lowest BCUT2D eigenvalue weighted by Crippen LogP contribution is -2.39. The molecule has 2 aromatic carbocycles. The first-order chi connectivity index (χ1) is 12.1. The first-order valence-electron chi connectivity index (χ1n) is 8.50. The van der Waals surface area contributed by atoms with E-state index in [1.54, 1.807) is 0 Å². The van der Waals surface area contributed by atoms with Crippen LogP contribution in [0.5, 0.6) is 0 Å². The van der Waals surface area contributed by atoms with Crippen LogP contribution < -0.4 is 9.88 Å². The summed E-state index contributed by atoms with van der Waals surface area (Å²) in [6.07, 6.45) is 4.82. The Morgan fingerprint density at radius 1 is 0.880 bits per heavy atom. The Balaban J connectivity index is 1.61. The summed E-state index contributed by atoms with van der Waals surface area (Å²) in [6.45, 7) is 4.38. The molecular formula is C22H23N2O+. The van der Waals surface area contributed by atoms with Crippen LogP contribution in [0.3, 0.4) is 0 Å². The number of benzene rings is 2. The van der Waals surface area contributed by atoms with E-state index < -0.39 is 0 Å². The first-order valence-corrected chi connectivity index (χ1v) is 8.50. The van der Waals surface area contributed by atoms with Crippen molar-refractivity contribution in [2.75, 3.05) is 5.32 Å². The number of nitrogens with zero attached hydrogens (tertiary/aromatic N) is 1. The number of carbonyl (C=O) groups excluding carboxylic acids is 1. The predicted octanol–water partition coefficient (Wildman–Crippen LogP) is 3.82. The van der Waals surface area contributed by atoms with E-state index in [-0.39, 0.29) is 5.91 Å². The third-order valence-corrected chi connectivity index (χ3v) is 4.42. The van der Waals surface area contributed by atoms with E-state index in [1.807, 2.05) is 55.1 Å². The van der Waals surface area contributed by atoms with Crippen LogP contribution in [0.1, 0.15) is 22.3 Å². The molecule has 1 N–H and O–H groups in total. The summed E-state index contributed by atoms with van der Waals surface area (Å²) in [5, 5.41) is 2.99. The largest absolute Gasteiger partial charge is 0.320 e. The molecule has 1 heterocycles. The van der Waals surface area contributed by atoms with Crippen LogP contribution in [-0.2, 0) is 17.8 Å². The average molecular weight is 331 g/mol. The Morgan fingerprint density at radius 3 is 2.28 bits per heavy atom. The van der Waals surface area contributed by atoms with Gasteiger partial charge in [-0.2, -0.15) is 4.57 Å². The van der Waals surface area contributed by atoms with Crippen molar-refractivity contribution < 1.29 is 9.36 Å². The molecule has 0 spiro atoms. The van der Waals surface area contributed by atoms with Crippen LogP contribution in [0, 0.1) is 13.8 Å². The summed E-state index contributed by atoms with van der Waals surface area (Å²) in [5.74, 6) is -0.0190. The highest BCUT2D eigenvalue weighted by molar-refractivity contribution is 5.90. The highest BCUT2D eigenvalue weighted by atomic mass is 16.1. The van der Waals surface area contributed by atoms with E-state index in [0.29, 0.717) is 6.54 Å². The number of amides is 1. The molecule has 0 fully saturated rings. The maximum Gasteiger partial charge on any atom is 0.290 e. The second kappa shape index (κ2) is 7.75. The zero-order chi connectivity index (χ0) is 17.6. The van der Waals surface area contributed by atoms with Gasteiger partial charge in [-0.3, -0.25) is 4.79 Å². The van der Waals surface area contributed by atoms with Gasteiger partial charge in [0.2, 0.25) is 6.54 Å². The van der Waals surface area contributed by atoms with Crippen LogP contribution in [-0.4, -0.2) is 5.91 Å². The molecule has 126 valence electrons. The van der Waals surface area contributed by atoms with E-state index in [0.717, 1.165) is 17.7 Å². The van der Waals surface area contributed by atoms with Crippen molar-refractivity contribution in [3.8, 4) is 0 Å². The summed E-state index contributed by atoms with van der Waals surface area (Å²) in [7, 11) is 0. The second-order valence-electron chi connectivity index (χ2n) is 6.34. The molecule has 0 bridgehead atoms. The van der Waals surface area contributed by atoms with Gasteiger partial charge in [-0.05, 0) is 48.6 Å². The molecule has 0 unspecified atom stereocenters. The lowest BCUT2D eigenvalue weighted by Gasteiger charge is -2.09. The van der Waals surface area contributed by atoms with Crippen molar-refractivity contribution in [2.24, 2.45) is 0 Å². The second-order valence-corrected chi connectivity index (χ2v) is 6.34. The minimum Gasteiger partial charge on any atom is -0.320 e. The Morgan fingerprint density at radius 2 is 1.56 bits per heavy atom. The van der Waals surface area contributed by atoms with Gasteiger partial charge in [0.05, 0.1) is 0 Å². The van der Waals surface area contributed by atoms with Gasteiger partial charge in [0.1, 0.15) is 0 Å². The van der Waals surface area contributed by atoms with Gasteiger partial charge < -0.3 is 5.32 Å². The minimum atomic E-state index is -0.0190. The number of nitrogens with one attached hydrogen (secondary N) is 1. The fraction of sp³-hybridized carbons (Fsp3) is 0.182. The molecule has 3 heteroatoms. The van der Waals surface area contributed by atoms with Crippen molar-refractivity contribution in [1.29, 1.82) is 0 Å². The SMILES string of the molecule is Cc1cccc(NC(=O)C[n+]2ccc(Cc3ccccc3)cc2)c1C. The maximum atomic E-state index is 12.3. The van der Waals surface area contributed by atoms with Crippen LogP contribution in [0.15, 0.2) is 73.1 Å². The van der Waals surface area contributed by atoms with E-state index in [9.17, 15) is 4.79 Å². The number of carbonyl (C=O) groups is 1. The molecule has 3 rings (SSSR count). The molecule has 1 aromatic heterocycles. The summed E-state index contributed by atoms with van der Waals surface area (Å²) < 4.78 is 1.90. The van der Waals surface area contributed by atoms with Crippen LogP contribution in [0.25, 0.3) is 0 Å².